The van der Waals surface area contributed by atoms with E-state index in [1.54, 1.807) is 36.8 Å². The Balaban J connectivity index is 1.25. The van der Waals surface area contributed by atoms with E-state index in [1.165, 1.54) is 5.01 Å². The van der Waals surface area contributed by atoms with Crippen molar-refractivity contribution in [2.45, 2.75) is 25.3 Å². The van der Waals surface area contributed by atoms with Gasteiger partial charge in [0, 0.05) is 30.8 Å². The van der Waals surface area contributed by atoms with E-state index in [2.05, 4.69) is 10.4 Å². The Morgan fingerprint density at radius 1 is 1.00 bits per heavy atom. The number of nitrogens with zero attached hydrogens (tertiary/aromatic N) is 3. The zero-order valence-corrected chi connectivity index (χ0v) is 17.6. The molecular formula is C24H24N4O4. The van der Waals surface area contributed by atoms with Crippen molar-refractivity contribution in [3.63, 3.8) is 0 Å². The van der Waals surface area contributed by atoms with Crippen LogP contribution in [0.25, 0.3) is 0 Å². The van der Waals surface area contributed by atoms with E-state index in [9.17, 15) is 9.59 Å². The summed E-state index contributed by atoms with van der Waals surface area (Å²) in [6.45, 7) is 1.70. The Labute approximate surface area is 185 Å². The van der Waals surface area contributed by atoms with Crippen LogP contribution >= 0.6 is 0 Å². The molecule has 0 radical (unpaired) electrons. The Morgan fingerprint density at radius 3 is 2.44 bits per heavy atom. The normalized spacial score (nSPS) is 18.1. The fraction of sp³-hybridized carbons (Fsp3) is 0.292. The van der Waals surface area contributed by atoms with Crippen molar-refractivity contribution in [2.24, 2.45) is 5.10 Å². The van der Waals surface area contributed by atoms with Gasteiger partial charge in [-0.3, -0.25) is 9.59 Å². The number of hydrogen-bond donors (Lipinski definition) is 1. The molecule has 164 valence electrons. The Kier molecular flexibility index (Phi) is 5.49. The molecule has 3 aromatic rings. The van der Waals surface area contributed by atoms with Crippen molar-refractivity contribution in [3.05, 3.63) is 78.1 Å². The van der Waals surface area contributed by atoms with Gasteiger partial charge in [-0.05, 0) is 61.4 Å². The number of benzene rings is 1. The van der Waals surface area contributed by atoms with Crippen molar-refractivity contribution >= 4 is 23.2 Å². The van der Waals surface area contributed by atoms with Crippen LogP contribution in [-0.4, -0.2) is 47.1 Å². The number of amides is 2. The average Bonchev–Trinajstić information content (AvgIpc) is 3.63. The van der Waals surface area contributed by atoms with E-state index in [0.717, 1.165) is 31.6 Å². The van der Waals surface area contributed by atoms with Gasteiger partial charge in [0.05, 0.1) is 19.1 Å². The summed E-state index contributed by atoms with van der Waals surface area (Å²) < 4.78 is 11.0. The van der Waals surface area contributed by atoms with Gasteiger partial charge in [-0.1, -0.05) is 0 Å². The molecule has 1 saturated heterocycles. The van der Waals surface area contributed by atoms with Crippen LogP contribution in [0.2, 0.25) is 0 Å². The number of carbonyl (C=O) groups excluding carboxylic acids is 2. The lowest BCUT2D eigenvalue weighted by atomic mass is 10.1. The molecule has 2 aliphatic heterocycles. The highest BCUT2D eigenvalue weighted by Crippen LogP contribution is 2.33. The van der Waals surface area contributed by atoms with Crippen LogP contribution in [0.1, 0.15) is 47.2 Å². The maximum Gasteiger partial charge on any atom is 0.262 e. The molecule has 32 heavy (non-hydrogen) atoms. The molecule has 8 heteroatoms. The quantitative estimate of drug-likeness (QED) is 0.638. The molecule has 2 aliphatic rings. The first-order valence-electron chi connectivity index (χ1n) is 10.8. The van der Waals surface area contributed by atoms with Gasteiger partial charge in [-0.15, -0.1) is 0 Å². The second kappa shape index (κ2) is 8.74. The predicted molar refractivity (Wildman–Crippen MR) is 118 cm³/mol. The van der Waals surface area contributed by atoms with Crippen molar-refractivity contribution < 1.29 is 18.4 Å². The Hall–Kier alpha value is -3.81. The maximum atomic E-state index is 13.0. The number of carbonyl (C=O) groups is 2. The average molecular weight is 432 g/mol. The largest absolute Gasteiger partial charge is 0.467 e. The number of hydrogen-bond acceptors (Lipinski definition) is 6. The van der Waals surface area contributed by atoms with Crippen LogP contribution in [-0.2, 0) is 4.79 Å². The minimum Gasteiger partial charge on any atom is -0.467 e. The number of rotatable bonds is 6. The number of furan rings is 2. The lowest BCUT2D eigenvalue weighted by Crippen LogP contribution is -2.32. The lowest BCUT2D eigenvalue weighted by Gasteiger charge is -2.20. The fourth-order valence-corrected chi connectivity index (χ4v) is 4.13. The number of hydrazone groups is 1. The minimum absolute atomic E-state index is 0.0586. The van der Waals surface area contributed by atoms with E-state index in [1.807, 2.05) is 29.2 Å². The van der Waals surface area contributed by atoms with E-state index in [0.29, 0.717) is 29.2 Å². The highest BCUT2D eigenvalue weighted by atomic mass is 16.3. The summed E-state index contributed by atoms with van der Waals surface area (Å²) in [5.41, 5.74) is 2.13. The van der Waals surface area contributed by atoms with Crippen LogP contribution in [0.5, 0.6) is 0 Å². The first-order chi connectivity index (χ1) is 15.7. The zero-order valence-electron chi connectivity index (χ0n) is 17.6. The molecule has 0 aliphatic carbocycles. The van der Waals surface area contributed by atoms with Gasteiger partial charge in [-0.25, -0.2) is 5.01 Å². The monoisotopic (exact) mass is 432 g/mol. The molecule has 1 unspecified atom stereocenters. The molecule has 5 rings (SSSR count). The lowest BCUT2D eigenvalue weighted by molar-refractivity contribution is -0.131. The summed E-state index contributed by atoms with van der Waals surface area (Å²) in [4.78, 5) is 27.4. The van der Waals surface area contributed by atoms with Crippen LogP contribution in [0.4, 0.5) is 5.69 Å². The van der Waals surface area contributed by atoms with E-state index in [4.69, 9.17) is 8.83 Å². The molecule has 0 spiro atoms. The molecule has 1 fully saturated rings. The van der Waals surface area contributed by atoms with Gasteiger partial charge in [0.1, 0.15) is 23.3 Å². The van der Waals surface area contributed by atoms with E-state index < -0.39 is 0 Å². The first kappa shape index (κ1) is 20.1. The summed E-state index contributed by atoms with van der Waals surface area (Å²) in [6.07, 6.45) is 5.82. The van der Waals surface area contributed by atoms with E-state index in [-0.39, 0.29) is 24.4 Å². The SMILES string of the molecule is O=C(c1ccc(NCC(=O)N2N=C(c3ccco3)CC2c2ccco2)cc1)N1CCCC1. The van der Waals surface area contributed by atoms with Crippen LogP contribution in [0.3, 0.4) is 0 Å². The molecule has 1 N–H and O–H groups in total. The number of anilines is 1. The molecule has 2 amide bonds. The van der Waals surface area contributed by atoms with Crippen molar-refractivity contribution in [1.82, 2.24) is 9.91 Å². The third-order valence-electron chi connectivity index (χ3n) is 5.81. The second-order valence-corrected chi connectivity index (χ2v) is 7.93. The fourth-order valence-electron chi connectivity index (χ4n) is 4.13. The molecule has 4 heterocycles. The van der Waals surface area contributed by atoms with Gasteiger partial charge in [0.25, 0.3) is 11.8 Å². The summed E-state index contributed by atoms with van der Waals surface area (Å²) in [6, 6.07) is 14.2. The Bertz CT molecular complexity index is 1100. The van der Waals surface area contributed by atoms with Crippen LogP contribution in [0, 0.1) is 0 Å². The van der Waals surface area contributed by atoms with Crippen molar-refractivity contribution in [1.29, 1.82) is 0 Å². The summed E-state index contributed by atoms with van der Waals surface area (Å²) in [7, 11) is 0. The third kappa shape index (κ3) is 4.03. The second-order valence-electron chi connectivity index (χ2n) is 7.93. The van der Waals surface area contributed by atoms with Gasteiger partial charge in [0.2, 0.25) is 0 Å². The topological polar surface area (TPSA) is 91.3 Å². The summed E-state index contributed by atoms with van der Waals surface area (Å²) >= 11 is 0. The number of nitrogens with one attached hydrogen (secondary N) is 1. The van der Waals surface area contributed by atoms with Gasteiger partial charge < -0.3 is 19.1 Å². The smallest absolute Gasteiger partial charge is 0.262 e. The standard InChI is InChI=1S/C24H24N4O4/c29-23(16-25-18-9-7-17(8-10-18)24(30)27-11-1-2-12-27)28-20(22-6-4-14-32-22)15-19(26-28)21-5-3-13-31-21/h3-10,13-14,20,25H,1-2,11-12,15-16H2. The predicted octanol–water partition coefficient (Wildman–Crippen LogP) is 3.90. The molecule has 1 aromatic carbocycles. The van der Waals surface area contributed by atoms with Crippen molar-refractivity contribution in [3.8, 4) is 0 Å². The van der Waals surface area contributed by atoms with Gasteiger partial charge in [-0.2, -0.15) is 5.10 Å². The molecule has 0 saturated carbocycles. The zero-order chi connectivity index (χ0) is 21.9. The minimum atomic E-state index is -0.320. The molecule has 2 aromatic heterocycles. The van der Waals surface area contributed by atoms with Gasteiger partial charge >= 0.3 is 0 Å². The maximum absolute atomic E-state index is 13.0. The highest BCUT2D eigenvalue weighted by Gasteiger charge is 2.35. The van der Waals surface area contributed by atoms with Gasteiger partial charge in [0.15, 0.2) is 0 Å². The number of likely N-dealkylation sites (tertiary alicyclic amines) is 1. The van der Waals surface area contributed by atoms with Crippen LogP contribution in [0.15, 0.2) is 75.0 Å². The van der Waals surface area contributed by atoms with Crippen molar-refractivity contribution in [2.75, 3.05) is 25.0 Å². The van der Waals surface area contributed by atoms with E-state index >= 15 is 0 Å². The Morgan fingerprint density at radius 2 is 1.75 bits per heavy atom. The molecular weight excluding hydrogens is 408 g/mol. The highest BCUT2D eigenvalue weighted by molar-refractivity contribution is 6.01. The molecule has 0 bridgehead atoms. The summed E-state index contributed by atoms with van der Waals surface area (Å²) in [5.74, 6) is 1.19. The van der Waals surface area contributed by atoms with Crippen LogP contribution < -0.4 is 5.32 Å². The third-order valence-corrected chi connectivity index (χ3v) is 5.81. The molecule has 1 atom stereocenters. The molecule has 8 nitrogen and oxygen atoms in total. The first-order valence-corrected chi connectivity index (χ1v) is 10.8. The summed E-state index contributed by atoms with van der Waals surface area (Å²) in [5, 5.41) is 9.10.